The van der Waals surface area contributed by atoms with Crippen LogP contribution in [0.25, 0.3) is 0 Å². The number of anilines is 1. The van der Waals surface area contributed by atoms with Crippen molar-refractivity contribution in [2.24, 2.45) is 7.05 Å². The predicted octanol–water partition coefficient (Wildman–Crippen LogP) is 2.41. The fraction of sp³-hybridized carbons (Fsp3) is 0.167. The Morgan fingerprint density at radius 2 is 2.07 bits per heavy atom. The molecule has 3 aromatic rings. The van der Waals surface area contributed by atoms with Gasteiger partial charge in [-0.15, -0.1) is 0 Å². The number of furan rings is 1. The topological polar surface area (TPSA) is 132 Å². The molecular formula is C18H17N5O5. The number of carbonyl (C=O) groups excluding carboxylic acids is 2. The van der Waals surface area contributed by atoms with Crippen LogP contribution in [0.2, 0.25) is 0 Å². The molecule has 10 nitrogen and oxygen atoms in total. The molecule has 2 aromatic heterocycles. The average molecular weight is 383 g/mol. The summed E-state index contributed by atoms with van der Waals surface area (Å²) >= 11 is 0. The van der Waals surface area contributed by atoms with Crippen molar-refractivity contribution in [1.29, 1.82) is 0 Å². The zero-order chi connectivity index (χ0) is 20.3. The molecule has 2 heterocycles. The van der Waals surface area contributed by atoms with Crippen molar-refractivity contribution in [3.05, 3.63) is 75.5 Å². The monoisotopic (exact) mass is 383 g/mol. The molecule has 0 fully saturated rings. The van der Waals surface area contributed by atoms with Crippen LogP contribution in [0.4, 0.5) is 11.4 Å². The quantitative estimate of drug-likeness (QED) is 0.496. The van der Waals surface area contributed by atoms with Crippen molar-refractivity contribution < 1.29 is 18.9 Å². The lowest BCUT2D eigenvalue weighted by molar-refractivity contribution is -0.385. The normalized spacial score (nSPS) is 10.5. The van der Waals surface area contributed by atoms with Crippen molar-refractivity contribution in [1.82, 2.24) is 15.1 Å². The Bertz CT molecular complexity index is 1040. The van der Waals surface area contributed by atoms with Gasteiger partial charge in [0.25, 0.3) is 17.5 Å². The fourth-order valence-electron chi connectivity index (χ4n) is 2.55. The zero-order valence-corrected chi connectivity index (χ0v) is 15.1. The van der Waals surface area contributed by atoms with Crippen LogP contribution in [0.3, 0.4) is 0 Å². The van der Waals surface area contributed by atoms with Gasteiger partial charge in [0.2, 0.25) is 0 Å². The molecule has 28 heavy (non-hydrogen) atoms. The van der Waals surface area contributed by atoms with Gasteiger partial charge in [-0.05, 0) is 25.1 Å². The second kappa shape index (κ2) is 7.74. The number of hydrogen-bond acceptors (Lipinski definition) is 6. The van der Waals surface area contributed by atoms with Crippen molar-refractivity contribution >= 4 is 23.2 Å². The van der Waals surface area contributed by atoms with E-state index in [1.807, 2.05) is 0 Å². The standard InChI is InChI=1S/C18H17N5O5/c1-11-5-6-12(8-15(11)23(26)27)17(24)20-14-10-22(2)21-16(14)18(25)19-9-13-4-3-7-28-13/h3-8,10H,9H2,1-2H3,(H,19,25)(H,20,24). The first-order chi connectivity index (χ1) is 13.3. The van der Waals surface area contributed by atoms with Crippen LogP contribution < -0.4 is 10.6 Å². The second-order valence-corrected chi connectivity index (χ2v) is 6.04. The summed E-state index contributed by atoms with van der Waals surface area (Å²) in [5.41, 5.74) is 0.593. The summed E-state index contributed by atoms with van der Waals surface area (Å²) in [5, 5.41) is 20.4. The molecule has 10 heteroatoms. The van der Waals surface area contributed by atoms with E-state index in [0.29, 0.717) is 11.3 Å². The van der Waals surface area contributed by atoms with Gasteiger partial charge < -0.3 is 15.1 Å². The summed E-state index contributed by atoms with van der Waals surface area (Å²) in [4.78, 5) is 35.4. The van der Waals surface area contributed by atoms with Gasteiger partial charge in [-0.1, -0.05) is 6.07 Å². The lowest BCUT2D eigenvalue weighted by Crippen LogP contribution is -2.25. The van der Waals surface area contributed by atoms with Crippen LogP contribution in [0.5, 0.6) is 0 Å². The molecule has 0 bridgehead atoms. The number of hydrogen-bond donors (Lipinski definition) is 2. The van der Waals surface area contributed by atoms with Gasteiger partial charge in [-0.3, -0.25) is 24.4 Å². The molecule has 0 radical (unpaired) electrons. The molecular weight excluding hydrogens is 366 g/mol. The van der Waals surface area contributed by atoms with E-state index in [1.54, 1.807) is 26.1 Å². The molecule has 0 spiro atoms. The second-order valence-electron chi connectivity index (χ2n) is 6.04. The fourth-order valence-corrected chi connectivity index (χ4v) is 2.55. The molecule has 0 unspecified atom stereocenters. The molecule has 0 aliphatic carbocycles. The van der Waals surface area contributed by atoms with Crippen molar-refractivity contribution in [3.8, 4) is 0 Å². The minimum absolute atomic E-state index is 0.0176. The maximum atomic E-state index is 12.5. The summed E-state index contributed by atoms with van der Waals surface area (Å²) in [7, 11) is 1.61. The first-order valence-corrected chi connectivity index (χ1v) is 8.26. The molecule has 2 N–H and O–H groups in total. The number of nitro groups is 1. The predicted molar refractivity (Wildman–Crippen MR) is 98.9 cm³/mol. The van der Waals surface area contributed by atoms with Crippen molar-refractivity contribution in [2.45, 2.75) is 13.5 Å². The van der Waals surface area contributed by atoms with Crippen LogP contribution in [-0.4, -0.2) is 26.5 Å². The van der Waals surface area contributed by atoms with Crippen molar-refractivity contribution in [3.63, 3.8) is 0 Å². The highest BCUT2D eigenvalue weighted by Crippen LogP contribution is 2.21. The number of nitrogens with one attached hydrogen (secondary N) is 2. The molecule has 0 saturated heterocycles. The highest BCUT2D eigenvalue weighted by atomic mass is 16.6. The van der Waals surface area contributed by atoms with E-state index in [-0.39, 0.29) is 29.2 Å². The number of nitrogens with zero attached hydrogens (tertiary/aromatic N) is 3. The third kappa shape index (κ3) is 4.06. The lowest BCUT2D eigenvalue weighted by Gasteiger charge is -2.06. The zero-order valence-electron chi connectivity index (χ0n) is 15.1. The van der Waals surface area contributed by atoms with Crippen LogP contribution in [0.15, 0.2) is 47.2 Å². The van der Waals surface area contributed by atoms with E-state index in [4.69, 9.17) is 4.42 Å². The van der Waals surface area contributed by atoms with Gasteiger partial charge in [-0.2, -0.15) is 5.10 Å². The van der Waals surface area contributed by atoms with E-state index in [1.165, 1.54) is 35.3 Å². The molecule has 0 saturated carbocycles. The molecule has 2 amide bonds. The largest absolute Gasteiger partial charge is 0.467 e. The number of aryl methyl sites for hydroxylation is 2. The number of amides is 2. The smallest absolute Gasteiger partial charge is 0.274 e. The molecule has 3 rings (SSSR count). The maximum Gasteiger partial charge on any atom is 0.274 e. The lowest BCUT2D eigenvalue weighted by atomic mass is 10.1. The number of benzene rings is 1. The minimum Gasteiger partial charge on any atom is -0.467 e. The van der Waals surface area contributed by atoms with Gasteiger partial charge in [0.1, 0.15) is 5.76 Å². The Labute approximate surface area is 159 Å². The van der Waals surface area contributed by atoms with Crippen LogP contribution in [0, 0.1) is 17.0 Å². The summed E-state index contributed by atoms with van der Waals surface area (Å²) < 4.78 is 6.54. The van der Waals surface area contributed by atoms with E-state index in [2.05, 4.69) is 15.7 Å². The van der Waals surface area contributed by atoms with Gasteiger partial charge >= 0.3 is 0 Å². The van der Waals surface area contributed by atoms with E-state index in [9.17, 15) is 19.7 Å². The molecule has 1 aromatic carbocycles. The number of aromatic nitrogens is 2. The third-order valence-electron chi connectivity index (χ3n) is 3.96. The summed E-state index contributed by atoms with van der Waals surface area (Å²) in [5.74, 6) is -0.514. The molecule has 144 valence electrons. The highest BCUT2D eigenvalue weighted by molar-refractivity contribution is 6.08. The Morgan fingerprint density at radius 1 is 1.29 bits per heavy atom. The number of carbonyl (C=O) groups is 2. The number of rotatable bonds is 6. The van der Waals surface area contributed by atoms with Crippen molar-refractivity contribution in [2.75, 3.05) is 5.32 Å². The Hall–Kier alpha value is -3.95. The minimum atomic E-state index is -0.587. The van der Waals surface area contributed by atoms with E-state index >= 15 is 0 Å². The molecule has 0 atom stereocenters. The van der Waals surface area contributed by atoms with Gasteiger partial charge in [0.05, 0.1) is 23.4 Å². The summed E-state index contributed by atoms with van der Waals surface area (Å²) in [6, 6.07) is 7.58. The van der Waals surface area contributed by atoms with E-state index < -0.39 is 16.7 Å². The van der Waals surface area contributed by atoms with Crippen LogP contribution in [-0.2, 0) is 13.6 Å². The highest BCUT2D eigenvalue weighted by Gasteiger charge is 2.20. The average Bonchev–Trinajstić information content (AvgIpc) is 3.29. The maximum absolute atomic E-state index is 12.5. The number of nitro benzene ring substituents is 1. The summed E-state index contributed by atoms with van der Waals surface area (Å²) in [6.45, 7) is 1.75. The Kier molecular flexibility index (Phi) is 5.21. The molecule has 0 aliphatic heterocycles. The van der Waals surface area contributed by atoms with Gasteiger partial charge in [0.15, 0.2) is 5.69 Å². The van der Waals surface area contributed by atoms with E-state index in [0.717, 1.165) is 0 Å². The SMILES string of the molecule is Cc1ccc(C(=O)Nc2cn(C)nc2C(=O)NCc2ccco2)cc1[N+](=O)[O-]. The first kappa shape index (κ1) is 18.8. The summed E-state index contributed by atoms with van der Waals surface area (Å²) in [6.07, 6.45) is 2.97. The first-order valence-electron chi connectivity index (χ1n) is 8.26. The van der Waals surface area contributed by atoms with Gasteiger partial charge in [0, 0.05) is 30.4 Å². The van der Waals surface area contributed by atoms with Crippen LogP contribution in [0.1, 0.15) is 32.2 Å². The Balaban J connectivity index is 1.77. The molecule has 0 aliphatic rings. The van der Waals surface area contributed by atoms with Crippen LogP contribution >= 0.6 is 0 Å². The third-order valence-corrected chi connectivity index (χ3v) is 3.96. The Morgan fingerprint density at radius 3 is 2.75 bits per heavy atom. The van der Waals surface area contributed by atoms with Gasteiger partial charge in [-0.25, -0.2) is 0 Å².